The van der Waals surface area contributed by atoms with Gasteiger partial charge >= 0.3 is 0 Å². The summed E-state index contributed by atoms with van der Waals surface area (Å²) in [7, 11) is 3.53. The fourth-order valence-corrected chi connectivity index (χ4v) is 4.33. The molecule has 0 radical (unpaired) electrons. The quantitative estimate of drug-likeness (QED) is 0.611. The van der Waals surface area contributed by atoms with E-state index in [4.69, 9.17) is 4.74 Å². The van der Waals surface area contributed by atoms with Crippen LogP contribution < -0.4 is 15.0 Å². The van der Waals surface area contributed by atoms with Crippen molar-refractivity contribution >= 4 is 17.6 Å². The van der Waals surface area contributed by atoms with Crippen molar-refractivity contribution in [1.82, 2.24) is 10.2 Å². The Morgan fingerprint density at radius 3 is 2.53 bits per heavy atom. The van der Waals surface area contributed by atoms with Gasteiger partial charge in [0.25, 0.3) is 0 Å². The number of amides is 1. The summed E-state index contributed by atoms with van der Waals surface area (Å²) in [4.78, 5) is 20.6. The van der Waals surface area contributed by atoms with E-state index in [1.165, 1.54) is 11.1 Å². The lowest BCUT2D eigenvalue weighted by Gasteiger charge is -2.22. The summed E-state index contributed by atoms with van der Waals surface area (Å²) in [5.74, 6) is 2.56. The second-order valence-corrected chi connectivity index (χ2v) is 7.92. The number of guanidine groups is 1. The number of benzene rings is 2. The Hall–Kier alpha value is -3.02. The van der Waals surface area contributed by atoms with Gasteiger partial charge in [0, 0.05) is 51.3 Å². The minimum Gasteiger partial charge on any atom is -0.497 e. The number of methoxy groups -OCH3 is 1. The van der Waals surface area contributed by atoms with E-state index >= 15 is 0 Å². The van der Waals surface area contributed by atoms with Gasteiger partial charge in [-0.2, -0.15) is 0 Å². The standard InChI is InChI=1S/C24H30N4O2/c1-25-24(27-15-13-20(17-27)19-7-11-22(30-2)12-8-19)26-16-18-5-9-21(10-6-18)28-14-3-4-23(28)29/h5-12,20H,3-4,13-17H2,1-2H3,(H,25,26). The maximum Gasteiger partial charge on any atom is 0.227 e. The lowest BCUT2D eigenvalue weighted by atomic mass is 9.98. The molecule has 0 saturated carbocycles. The SMILES string of the molecule is CN=C(NCc1ccc(N2CCCC2=O)cc1)N1CCC(c2ccc(OC)cc2)C1. The number of carbonyl (C=O) groups is 1. The van der Waals surface area contributed by atoms with Gasteiger partial charge in [0.2, 0.25) is 5.91 Å². The Labute approximate surface area is 178 Å². The number of aliphatic imine (C=N–C) groups is 1. The van der Waals surface area contributed by atoms with Crippen molar-refractivity contribution in [1.29, 1.82) is 0 Å². The molecule has 2 aliphatic rings. The van der Waals surface area contributed by atoms with Crippen LogP contribution in [0.25, 0.3) is 0 Å². The van der Waals surface area contributed by atoms with E-state index in [9.17, 15) is 4.79 Å². The zero-order valence-electron chi connectivity index (χ0n) is 17.8. The van der Waals surface area contributed by atoms with E-state index in [0.717, 1.165) is 49.9 Å². The highest BCUT2D eigenvalue weighted by molar-refractivity contribution is 5.95. The van der Waals surface area contributed by atoms with Gasteiger partial charge in [0.1, 0.15) is 5.75 Å². The van der Waals surface area contributed by atoms with Crippen LogP contribution >= 0.6 is 0 Å². The van der Waals surface area contributed by atoms with Crippen LogP contribution in [0.3, 0.4) is 0 Å². The Bertz CT molecular complexity index is 892. The summed E-state index contributed by atoms with van der Waals surface area (Å²) in [6, 6.07) is 16.6. The predicted molar refractivity (Wildman–Crippen MR) is 120 cm³/mol. The molecule has 1 atom stereocenters. The number of nitrogens with one attached hydrogen (secondary N) is 1. The second kappa shape index (κ2) is 9.20. The van der Waals surface area contributed by atoms with Gasteiger partial charge in [-0.25, -0.2) is 0 Å². The van der Waals surface area contributed by atoms with Gasteiger partial charge in [0.15, 0.2) is 5.96 Å². The van der Waals surface area contributed by atoms with Crippen molar-refractivity contribution in [3.8, 4) is 5.75 Å². The number of carbonyl (C=O) groups excluding carboxylic acids is 1. The maximum absolute atomic E-state index is 11.9. The fraction of sp³-hybridized carbons (Fsp3) is 0.417. The van der Waals surface area contributed by atoms with Crippen molar-refractivity contribution in [2.24, 2.45) is 4.99 Å². The zero-order chi connectivity index (χ0) is 20.9. The summed E-state index contributed by atoms with van der Waals surface area (Å²) in [5.41, 5.74) is 3.52. The Kier molecular flexibility index (Phi) is 6.21. The minimum atomic E-state index is 0.224. The van der Waals surface area contributed by atoms with Crippen LogP contribution in [-0.4, -0.2) is 50.6 Å². The van der Waals surface area contributed by atoms with E-state index < -0.39 is 0 Å². The van der Waals surface area contributed by atoms with Crippen molar-refractivity contribution in [2.45, 2.75) is 31.7 Å². The van der Waals surface area contributed by atoms with Gasteiger partial charge in [-0.15, -0.1) is 0 Å². The molecule has 0 aromatic heterocycles. The molecular formula is C24H30N4O2. The molecule has 2 aromatic rings. The largest absolute Gasteiger partial charge is 0.497 e. The average Bonchev–Trinajstić information content (AvgIpc) is 3.44. The van der Waals surface area contributed by atoms with E-state index in [-0.39, 0.29) is 5.91 Å². The van der Waals surface area contributed by atoms with Crippen LogP contribution in [0.15, 0.2) is 53.5 Å². The first-order valence-corrected chi connectivity index (χ1v) is 10.7. The molecule has 30 heavy (non-hydrogen) atoms. The molecule has 6 heteroatoms. The van der Waals surface area contributed by atoms with Gasteiger partial charge in [-0.05, 0) is 48.2 Å². The summed E-state index contributed by atoms with van der Waals surface area (Å²) in [5, 5.41) is 3.49. The van der Waals surface area contributed by atoms with E-state index in [1.54, 1.807) is 7.11 Å². The van der Waals surface area contributed by atoms with Gasteiger partial charge in [-0.3, -0.25) is 9.79 Å². The predicted octanol–water partition coefficient (Wildman–Crippen LogP) is 3.39. The summed E-state index contributed by atoms with van der Waals surface area (Å²) in [6.07, 6.45) is 2.73. The topological polar surface area (TPSA) is 57.2 Å². The van der Waals surface area contributed by atoms with Crippen molar-refractivity contribution in [3.63, 3.8) is 0 Å². The van der Waals surface area contributed by atoms with Crippen LogP contribution in [0.4, 0.5) is 5.69 Å². The average molecular weight is 407 g/mol. The Morgan fingerprint density at radius 2 is 1.90 bits per heavy atom. The molecule has 2 saturated heterocycles. The van der Waals surface area contributed by atoms with Crippen LogP contribution in [0.2, 0.25) is 0 Å². The Morgan fingerprint density at radius 1 is 1.13 bits per heavy atom. The molecule has 158 valence electrons. The third-order valence-corrected chi connectivity index (χ3v) is 6.06. The molecule has 2 aliphatic heterocycles. The van der Waals surface area contributed by atoms with Crippen LogP contribution in [0.5, 0.6) is 5.75 Å². The van der Waals surface area contributed by atoms with Gasteiger partial charge in [-0.1, -0.05) is 24.3 Å². The Balaban J connectivity index is 1.32. The molecule has 1 N–H and O–H groups in total. The molecule has 6 nitrogen and oxygen atoms in total. The summed E-state index contributed by atoms with van der Waals surface area (Å²) < 4.78 is 5.27. The third-order valence-electron chi connectivity index (χ3n) is 6.06. The number of anilines is 1. The van der Waals surface area contributed by atoms with Crippen LogP contribution in [0, 0.1) is 0 Å². The highest BCUT2D eigenvalue weighted by Crippen LogP contribution is 2.28. The minimum absolute atomic E-state index is 0.224. The van der Waals surface area contributed by atoms with Crippen molar-refractivity contribution in [2.75, 3.05) is 38.7 Å². The first-order valence-electron chi connectivity index (χ1n) is 10.7. The van der Waals surface area contributed by atoms with Crippen LogP contribution in [-0.2, 0) is 11.3 Å². The first-order chi connectivity index (χ1) is 14.7. The number of hydrogen-bond acceptors (Lipinski definition) is 3. The second-order valence-electron chi connectivity index (χ2n) is 7.92. The third kappa shape index (κ3) is 4.42. The maximum atomic E-state index is 11.9. The number of hydrogen-bond donors (Lipinski definition) is 1. The molecule has 2 aromatic carbocycles. The van der Waals surface area contributed by atoms with Crippen molar-refractivity contribution in [3.05, 3.63) is 59.7 Å². The van der Waals surface area contributed by atoms with E-state index in [0.29, 0.717) is 18.9 Å². The molecule has 2 heterocycles. The molecule has 0 aliphatic carbocycles. The van der Waals surface area contributed by atoms with E-state index in [2.05, 4.69) is 39.5 Å². The molecule has 4 rings (SSSR count). The summed E-state index contributed by atoms with van der Waals surface area (Å²) in [6.45, 7) is 3.49. The monoisotopic (exact) mass is 406 g/mol. The number of nitrogens with zero attached hydrogens (tertiary/aromatic N) is 3. The van der Waals surface area contributed by atoms with Gasteiger partial charge in [0.05, 0.1) is 7.11 Å². The van der Waals surface area contributed by atoms with E-state index in [1.807, 2.05) is 36.2 Å². The van der Waals surface area contributed by atoms with Gasteiger partial charge < -0.3 is 19.9 Å². The first kappa shape index (κ1) is 20.3. The number of likely N-dealkylation sites (tertiary alicyclic amines) is 1. The fourth-order valence-electron chi connectivity index (χ4n) is 4.33. The molecule has 1 unspecified atom stereocenters. The molecule has 1 amide bonds. The highest BCUT2D eigenvalue weighted by Gasteiger charge is 2.26. The lowest BCUT2D eigenvalue weighted by Crippen LogP contribution is -2.39. The number of rotatable bonds is 5. The molecule has 0 bridgehead atoms. The summed E-state index contributed by atoms with van der Waals surface area (Å²) >= 11 is 0. The smallest absolute Gasteiger partial charge is 0.227 e. The molecule has 0 spiro atoms. The normalized spacial score (nSPS) is 19.5. The highest BCUT2D eigenvalue weighted by atomic mass is 16.5. The zero-order valence-corrected chi connectivity index (χ0v) is 17.8. The molecular weight excluding hydrogens is 376 g/mol. The molecule has 2 fully saturated rings. The van der Waals surface area contributed by atoms with Crippen LogP contribution in [0.1, 0.15) is 36.3 Å². The van der Waals surface area contributed by atoms with Crippen molar-refractivity contribution < 1.29 is 9.53 Å². The number of ether oxygens (including phenoxy) is 1. The lowest BCUT2D eigenvalue weighted by molar-refractivity contribution is -0.117.